The number of halogens is 3. The van der Waals surface area contributed by atoms with Gasteiger partial charge in [-0.15, -0.1) is 11.3 Å². The van der Waals surface area contributed by atoms with Crippen LogP contribution in [-0.4, -0.2) is 21.2 Å². The molecule has 2 rings (SSSR count). The number of benzene rings is 1. The monoisotopic (exact) mass is 375 g/mol. The summed E-state index contributed by atoms with van der Waals surface area (Å²) < 4.78 is 37.1. The quantitative estimate of drug-likeness (QED) is 0.694. The Bertz CT molecular complexity index is 649. The van der Waals surface area contributed by atoms with Crippen molar-refractivity contribution in [2.24, 2.45) is 5.41 Å². The van der Waals surface area contributed by atoms with Gasteiger partial charge in [-0.2, -0.15) is 13.2 Å². The first-order chi connectivity index (χ1) is 11.0. The van der Waals surface area contributed by atoms with E-state index in [0.717, 1.165) is 10.4 Å². The van der Waals surface area contributed by atoms with Crippen LogP contribution in [0.5, 0.6) is 0 Å². The number of aromatic nitrogens is 1. The second-order valence-electron chi connectivity index (χ2n) is 6.67. The van der Waals surface area contributed by atoms with Gasteiger partial charge in [0, 0.05) is 22.4 Å². The van der Waals surface area contributed by atoms with Crippen molar-refractivity contribution in [1.82, 2.24) is 4.98 Å². The molecule has 2 nitrogen and oxygen atoms in total. The number of aliphatic hydroxyl groups is 1. The molecule has 0 aliphatic carbocycles. The second kappa shape index (κ2) is 7.06. The summed E-state index contributed by atoms with van der Waals surface area (Å²) in [7, 11) is 0. The first kappa shape index (κ1) is 19.3. The van der Waals surface area contributed by atoms with Crippen LogP contribution in [-0.2, 0) is 12.8 Å². The molecule has 0 radical (unpaired) electrons. The topological polar surface area (TPSA) is 33.1 Å². The van der Waals surface area contributed by atoms with E-state index in [4.69, 9.17) is 0 Å². The molecule has 1 atom stereocenters. The summed E-state index contributed by atoms with van der Waals surface area (Å²) in [5.41, 5.74) is -3.06. The third kappa shape index (κ3) is 5.22. The van der Waals surface area contributed by atoms with Gasteiger partial charge >= 0.3 is 5.51 Å². The molecule has 2 aromatic rings. The zero-order valence-electron chi connectivity index (χ0n) is 13.7. The van der Waals surface area contributed by atoms with E-state index >= 15 is 0 Å². The van der Waals surface area contributed by atoms with Crippen molar-refractivity contribution < 1.29 is 18.3 Å². The third-order valence-electron chi connectivity index (χ3n) is 4.26. The number of nitrogens with zero attached hydrogens (tertiary/aromatic N) is 1. The molecule has 7 heteroatoms. The fraction of sp³-hybridized carbons (Fsp3) is 0.471. The number of hydrogen-bond donors (Lipinski definition) is 1. The molecule has 0 fully saturated rings. The number of hydrogen-bond acceptors (Lipinski definition) is 4. The summed E-state index contributed by atoms with van der Waals surface area (Å²) in [5.74, 6) is 0. The van der Waals surface area contributed by atoms with Crippen LogP contribution in [0.15, 0.2) is 40.9 Å². The molecule has 1 aromatic carbocycles. The molecule has 132 valence electrons. The maximum atomic E-state index is 12.4. The Hall–Kier alpha value is -1.05. The van der Waals surface area contributed by atoms with Crippen LogP contribution < -0.4 is 0 Å². The summed E-state index contributed by atoms with van der Waals surface area (Å²) >= 11 is 1.38. The maximum Gasteiger partial charge on any atom is 0.446 e. The van der Waals surface area contributed by atoms with E-state index in [9.17, 15) is 18.3 Å². The van der Waals surface area contributed by atoms with E-state index in [1.807, 2.05) is 13.8 Å². The Morgan fingerprint density at radius 3 is 2.21 bits per heavy atom. The van der Waals surface area contributed by atoms with Crippen molar-refractivity contribution >= 4 is 23.1 Å². The Labute approximate surface area is 148 Å². The highest BCUT2D eigenvalue weighted by Gasteiger charge is 2.39. The van der Waals surface area contributed by atoms with E-state index in [-0.39, 0.29) is 16.7 Å². The SMILES string of the molecule is CC(C)(Cc1ccc(SC(F)(F)F)cc1)C(C)(O)Cc1cncs1. The van der Waals surface area contributed by atoms with Crippen LogP contribution >= 0.6 is 23.1 Å². The van der Waals surface area contributed by atoms with Gasteiger partial charge in [-0.05, 0) is 48.2 Å². The average Bonchev–Trinajstić information content (AvgIpc) is 2.91. The second-order valence-corrected chi connectivity index (χ2v) is 8.78. The van der Waals surface area contributed by atoms with Crippen LogP contribution in [0.3, 0.4) is 0 Å². The highest BCUT2D eigenvalue weighted by atomic mass is 32.2. The molecule has 1 heterocycles. The van der Waals surface area contributed by atoms with Crippen molar-refractivity contribution in [2.75, 3.05) is 0 Å². The molecule has 0 aliphatic heterocycles. The van der Waals surface area contributed by atoms with Crippen LogP contribution in [0.25, 0.3) is 0 Å². The van der Waals surface area contributed by atoms with Crippen LogP contribution in [0, 0.1) is 5.41 Å². The maximum absolute atomic E-state index is 12.4. The zero-order chi connectivity index (χ0) is 18.0. The standard InChI is InChI=1S/C17H20F3NOS2/c1-15(2,16(3,22)9-14-10-21-11-23-14)8-12-4-6-13(7-5-12)24-17(18,19)20/h4-7,10-11,22H,8-9H2,1-3H3. The average molecular weight is 375 g/mol. The summed E-state index contributed by atoms with van der Waals surface area (Å²) in [4.78, 5) is 5.20. The molecular weight excluding hydrogens is 355 g/mol. The third-order valence-corrected chi connectivity index (χ3v) is 5.78. The first-order valence-corrected chi connectivity index (χ1v) is 9.13. The molecule has 1 unspecified atom stereocenters. The van der Waals surface area contributed by atoms with E-state index < -0.39 is 16.5 Å². The molecule has 24 heavy (non-hydrogen) atoms. The minimum Gasteiger partial charge on any atom is -0.389 e. The lowest BCUT2D eigenvalue weighted by Gasteiger charge is -2.40. The molecule has 0 saturated carbocycles. The van der Waals surface area contributed by atoms with Gasteiger partial charge in [0.1, 0.15) is 0 Å². The van der Waals surface area contributed by atoms with Crippen LogP contribution in [0.2, 0.25) is 0 Å². The zero-order valence-corrected chi connectivity index (χ0v) is 15.4. The molecule has 0 bridgehead atoms. The van der Waals surface area contributed by atoms with Gasteiger partial charge in [0.2, 0.25) is 0 Å². The predicted octanol–water partition coefficient (Wildman–Crippen LogP) is 5.32. The molecule has 0 amide bonds. The number of thioether (sulfide) groups is 1. The Morgan fingerprint density at radius 2 is 1.71 bits per heavy atom. The first-order valence-electron chi connectivity index (χ1n) is 7.43. The lowest BCUT2D eigenvalue weighted by atomic mass is 9.70. The van der Waals surface area contributed by atoms with Crippen LogP contribution in [0.1, 0.15) is 31.2 Å². The summed E-state index contributed by atoms with van der Waals surface area (Å²) in [6, 6.07) is 6.33. The van der Waals surface area contributed by atoms with Crippen molar-refractivity contribution in [1.29, 1.82) is 0 Å². The summed E-state index contributed by atoms with van der Waals surface area (Å²) in [6.07, 6.45) is 2.81. The number of thiazole rings is 1. The van der Waals surface area contributed by atoms with Gasteiger partial charge in [0.15, 0.2) is 0 Å². The van der Waals surface area contributed by atoms with Crippen LogP contribution in [0.4, 0.5) is 13.2 Å². The largest absolute Gasteiger partial charge is 0.446 e. The highest BCUT2D eigenvalue weighted by Crippen LogP contribution is 2.39. The number of rotatable bonds is 6. The van der Waals surface area contributed by atoms with Gasteiger partial charge in [0.05, 0.1) is 11.1 Å². The Morgan fingerprint density at radius 1 is 1.08 bits per heavy atom. The van der Waals surface area contributed by atoms with Crippen molar-refractivity contribution in [3.8, 4) is 0 Å². The molecular formula is C17H20F3NOS2. The van der Waals surface area contributed by atoms with Crippen molar-refractivity contribution in [3.63, 3.8) is 0 Å². The smallest absolute Gasteiger partial charge is 0.389 e. The lowest BCUT2D eigenvalue weighted by molar-refractivity contribution is -0.0500. The van der Waals surface area contributed by atoms with Gasteiger partial charge in [0.25, 0.3) is 0 Å². The van der Waals surface area contributed by atoms with E-state index in [1.54, 1.807) is 30.8 Å². The van der Waals surface area contributed by atoms with Crippen molar-refractivity contribution in [3.05, 3.63) is 46.4 Å². The molecule has 1 N–H and O–H groups in total. The summed E-state index contributed by atoms with van der Waals surface area (Å²) in [6.45, 7) is 5.72. The van der Waals surface area contributed by atoms with E-state index in [1.165, 1.54) is 23.5 Å². The minimum absolute atomic E-state index is 0.119. The predicted molar refractivity (Wildman–Crippen MR) is 92.3 cm³/mol. The molecule has 1 aromatic heterocycles. The highest BCUT2D eigenvalue weighted by molar-refractivity contribution is 8.00. The number of alkyl halides is 3. The molecule has 0 spiro atoms. The minimum atomic E-state index is -4.28. The van der Waals surface area contributed by atoms with Gasteiger partial charge in [-0.3, -0.25) is 4.98 Å². The van der Waals surface area contributed by atoms with E-state index in [2.05, 4.69) is 4.98 Å². The molecule has 0 aliphatic rings. The summed E-state index contributed by atoms with van der Waals surface area (Å²) in [5, 5.41) is 10.9. The van der Waals surface area contributed by atoms with E-state index in [0.29, 0.717) is 12.8 Å². The fourth-order valence-corrected chi connectivity index (χ4v) is 3.70. The Kier molecular flexibility index (Phi) is 5.67. The normalized spacial score (nSPS) is 15.3. The Balaban J connectivity index is 2.07. The fourth-order valence-electron chi connectivity index (χ4n) is 2.42. The lowest BCUT2D eigenvalue weighted by Crippen LogP contribution is -2.45. The van der Waals surface area contributed by atoms with Gasteiger partial charge < -0.3 is 5.11 Å². The van der Waals surface area contributed by atoms with Crippen molar-refractivity contribution in [2.45, 2.75) is 49.6 Å². The van der Waals surface area contributed by atoms with Gasteiger partial charge in [-0.1, -0.05) is 26.0 Å². The van der Waals surface area contributed by atoms with Gasteiger partial charge in [-0.25, -0.2) is 0 Å². The molecule has 0 saturated heterocycles.